The fourth-order valence-electron chi connectivity index (χ4n) is 2.45. The second kappa shape index (κ2) is 7.00. The molecule has 5 nitrogen and oxygen atoms in total. The van der Waals surface area contributed by atoms with Crippen molar-refractivity contribution in [1.29, 1.82) is 0 Å². The van der Waals surface area contributed by atoms with Crippen molar-refractivity contribution >= 4 is 11.6 Å². The summed E-state index contributed by atoms with van der Waals surface area (Å²) in [4.78, 5) is 14.2. The number of rotatable bonds is 5. The van der Waals surface area contributed by atoms with E-state index in [-0.39, 0.29) is 5.91 Å². The highest BCUT2D eigenvalue weighted by molar-refractivity contribution is 6.05. The molecule has 1 amide bonds. The van der Waals surface area contributed by atoms with Crippen LogP contribution in [0, 0.1) is 0 Å². The van der Waals surface area contributed by atoms with Gasteiger partial charge < -0.3 is 9.64 Å². The molecule has 3 rings (SSSR count). The van der Waals surface area contributed by atoms with Crippen LogP contribution in [0.5, 0.6) is 5.75 Å². The van der Waals surface area contributed by atoms with Gasteiger partial charge >= 0.3 is 0 Å². The first kappa shape index (κ1) is 15.8. The smallest absolute Gasteiger partial charge is 0.261 e. The van der Waals surface area contributed by atoms with Gasteiger partial charge in [0.05, 0.1) is 25.4 Å². The SMILES string of the molecule is COc1ccc(N(C)C(=O)c2cnn(Cc3ccccc3)c2)cc1. The number of carbonyl (C=O) groups excluding carboxylic acids is 1. The quantitative estimate of drug-likeness (QED) is 0.725. The molecule has 0 aliphatic rings. The number of aromatic nitrogens is 2. The van der Waals surface area contributed by atoms with Gasteiger partial charge in [0.15, 0.2) is 0 Å². The number of carbonyl (C=O) groups is 1. The van der Waals surface area contributed by atoms with Crippen LogP contribution < -0.4 is 9.64 Å². The number of amides is 1. The average Bonchev–Trinajstić information content (AvgIpc) is 3.10. The molecule has 5 heteroatoms. The highest BCUT2D eigenvalue weighted by Gasteiger charge is 2.15. The summed E-state index contributed by atoms with van der Waals surface area (Å²) in [7, 11) is 3.36. The molecule has 0 radical (unpaired) electrons. The molecule has 0 unspecified atom stereocenters. The third-order valence-electron chi connectivity index (χ3n) is 3.83. The standard InChI is InChI=1S/C19H19N3O2/c1-21(17-8-10-18(24-2)11-9-17)19(23)16-12-20-22(14-16)13-15-6-4-3-5-7-15/h3-12,14H,13H2,1-2H3. The zero-order chi connectivity index (χ0) is 16.9. The predicted octanol–water partition coefficient (Wildman–Crippen LogP) is 3.22. The summed E-state index contributed by atoms with van der Waals surface area (Å²) in [6, 6.07) is 17.4. The Kier molecular flexibility index (Phi) is 4.61. The molecule has 1 heterocycles. The third kappa shape index (κ3) is 3.46. The van der Waals surface area contributed by atoms with Crippen molar-refractivity contribution in [3.8, 4) is 5.75 Å². The minimum Gasteiger partial charge on any atom is -0.497 e. The normalized spacial score (nSPS) is 10.4. The number of ether oxygens (including phenoxy) is 1. The van der Waals surface area contributed by atoms with Crippen molar-refractivity contribution in [2.45, 2.75) is 6.54 Å². The van der Waals surface area contributed by atoms with Gasteiger partial charge in [-0.3, -0.25) is 9.48 Å². The van der Waals surface area contributed by atoms with Crippen LogP contribution in [0.2, 0.25) is 0 Å². The fourth-order valence-corrected chi connectivity index (χ4v) is 2.45. The average molecular weight is 321 g/mol. The molecular weight excluding hydrogens is 302 g/mol. The summed E-state index contributed by atoms with van der Waals surface area (Å²) in [6.45, 7) is 0.639. The van der Waals surface area contributed by atoms with E-state index in [4.69, 9.17) is 4.74 Å². The minimum absolute atomic E-state index is 0.0977. The summed E-state index contributed by atoms with van der Waals surface area (Å²) in [5.41, 5.74) is 2.50. The van der Waals surface area contributed by atoms with Crippen LogP contribution in [0.4, 0.5) is 5.69 Å². The van der Waals surface area contributed by atoms with Crippen molar-refractivity contribution in [1.82, 2.24) is 9.78 Å². The van der Waals surface area contributed by atoms with E-state index in [1.165, 1.54) is 0 Å². The Morgan fingerprint density at radius 2 is 1.83 bits per heavy atom. The number of nitrogens with zero attached hydrogens (tertiary/aromatic N) is 3. The molecule has 0 aliphatic heterocycles. The van der Waals surface area contributed by atoms with Gasteiger partial charge in [-0.1, -0.05) is 30.3 Å². The number of hydrogen-bond donors (Lipinski definition) is 0. The summed E-state index contributed by atoms with van der Waals surface area (Å²) < 4.78 is 6.91. The van der Waals surface area contributed by atoms with E-state index in [0.717, 1.165) is 17.0 Å². The predicted molar refractivity (Wildman–Crippen MR) is 93.5 cm³/mol. The summed E-state index contributed by atoms with van der Waals surface area (Å²) in [5.74, 6) is 0.662. The molecule has 122 valence electrons. The van der Waals surface area contributed by atoms with E-state index in [1.807, 2.05) is 54.6 Å². The largest absolute Gasteiger partial charge is 0.497 e. The molecule has 2 aromatic carbocycles. The first-order valence-electron chi connectivity index (χ1n) is 7.66. The van der Waals surface area contributed by atoms with Gasteiger partial charge in [0, 0.05) is 18.9 Å². The molecular formula is C19H19N3O2. The summed E-state index contributed by atoms with van der Waals surface area (Å²) in [6.07, 6.45) is 3.38. The zero-order valence-electron chi connectivity index (χ0n) is 13.7. The lowest BCUT2D eigenvalue weighted by atomic mass is 10.2. The Morgan fingerprint density at radius 1 is 1.12 bits per heavy atom. The van der Waals surface area contributed by atoms with Gasteiger partial charge in [0.25, 0.3) is 5.91 Å². The van der Waals surface area contributed by atoms with Crippen LogP contribution in [-0.4, -0.2) is 29.8 Å². The highest BCUT2D eigenvalue weighted by Crippen LogP contribution is 2.19. The second-order valence-electron chi connectivity index (χ2n) is 5.47. The summed E-state index contributed by atoms with van der Waals surface area (Å²) >= 11 is 0. The van der Waals surface area contributed by atoms with Crippen LogP contribution in [0.3, 0.4) is 0 Å². The molecule has 0 fully saturated rings. The Labute approximate surface area is 141 Å². The third-order valence-corrected chi connectivity index (χ3v) is 3.83. The minimum atomic E-state index is -0.0977. The maximum Gasteiger partial charge on any atom is 0.261 e. The lowest BCUT2D eigenvalue weighted by Gasteiger charge is -2.16. The monoisotopic (exact) mass is 321 g/mol. The molecule has 24 heavy (non-hydrogen) atoms. The van der Waals surface area contributed by atoms with E-state index >= 15 is 0 Å². The first-order chi connectivity index (χ1) is 11.7. The van der Waals surface area contributed by atoms with Crippen LogP contribution in [0.1, 0.15) is 15.9 Å². The molecule has 3 aromatic rings. The Bertz CT molecular complexity index is 810. The topological polar surface area (TPSA) is 47.4 Å². The number of hydrogen-bond acceptors (Lipinski definition) is 3. The lowest BCUT2D eigenvalue weighted by molar-refractivity contribution is 0.0993. The number of anilines is 1. The van der Waals surface area contributed by atoms with Gasteiger partial charge in [0.1, 0.15) is 5.75 Å². The van der Waals surface area contributed by atoms with E-state index < -0.39 is 0 Å². The van der Waals surface area contributed by atoms with E-state index in [2.05, 4.69) is 5.10 Å². The molecule has 0 saturated carbocycles. The van der Waals surface area contributed by atoms with Crippen molar-refractivity contribution in [3.63, 3.8) is 0 Å². The van der Waals surface area contributed by atoms with Crippen LogP contribution in [-0.2, 0) is 6.54 Å². The van der Waals surface area contributed by atoms with Crippen molar-refractivity contribution < 1.29 is 9.53 Å². The molecule has 0 aliphatic carbocycles. The van der Waals surface area contributed by atoms with Crippen LogP contribution in [0.15, 0.2) is 67.0 Å². The molecule has 0 bridgehead atoms. The second-order valence-corrected chi connectivity index (χ2v) is 5.47. The Hall–Kier alpha value is -3.08. The van der Waals surface area contributed by atoms with Crippen molar-refractivity contribution in [3.05, 3.63) is 78.1 Å². The maximum atomic E-state index is 12.6. The van der Waals surface area contributed by atoms with Crippen molar-refractivity contribution in [2.75, 3.05) is 19.1 Å². The molecule has 0 atom stereocenters. The molecule has 0 N–H and O–H groups in total. The molecule has 0 spiro atoms. The fraction of sp³-hybridized carbons (Fsp3) is 0.158. The van der Waals surface area contributed by atoms with Crippen LogP contribution >= 0.6 is 0 Å². The Morgan fingerprint density at radius 3 is 2.50 bits per heavy atom. The van der Waals surface area contributed by atoms with Gasteiger partial charge in [-0.05, 0) is 29.8 Å². The number of benzene rings is 2. The van der Waals surface area contributed by atoms with Gasteiger partial charge in [-0.2, -0.15) is 5.10 Å². The first-order valence-corrected chi connectivity index (χ1v) is 7.66. The Balaban J connectivity index is 1.72. The van der Waals surface area contributed by atoms with Crippen LogP contribution in [0.25, 0.3) is 0 Å². The van der Waals surface area contributed by atoms with Crippen molar-refractivity contribution in [2.24, 2.45) is 0 Å². The maximum absolute atomic E-state index is 12.6. The van der Waals surface area contributed by atoms with E-state index in [0.29, 0.717) is 12.1 Å². The highest BCUT2D eigenvalue weighted by atomic mass is 16.5. The van der Waals surface area contributed by atoms with Gasteiger partial charge in [0.2, 0.25) is 0 Å². The van der Waals surface area contributed by atoms with E-state index in [1.54, 1.807) is 36.1 Å². The summed E-state index contributed by atoms with van der Waals surface area (Å²) in [5, 5.41) is 4.29. The molecule has 0 saturated heterocycles. The molecule has 1 aromatic heterocycles. The van der Waals surface area contributed by atoms with Gasteiger partial charge in [-0.15, -0.1) is 0 Å². The zero-order valence-corrected chi connectivity index (χ0v) is 13.7. The van der Waals surface area contributed by atoms with Gasteiger partial charge in [-0.25, -0.2) is 0 Å². The lowest BCUT2D eigenvalue weighted by Crippen LogP contribution is -2.25. The number of methoxy groups -OCH3 is 1. The van der Waals surface area contributed by atoms with E-state index in [9.17, 15) is 4.79 Å².